The van der Waals surface area contributed by atoms with Crippen LogP contribution in [0.25, 0.3) is 6.08 Å². The average molecular weight is 376 g/mol. The summed E-state index contributed by atoms with van der Waals surface area (Å²) in [4.78, 5) is 14.1. The summed E-state index contributed by atoms with van der Waals surface area (Å²) in [7, 11) is -2.13. The van der Waals surface area contributed by atoms with Crippen LogP contribution >= 0.6 is 0 Å². The summed E-state index contributed by atoms with van der Waals surface area (Å²) in [5, 5.41) is 0. The van der Waals surface area contributed by atoms with Gasteiger partial charge in [-0.2, -0.15) is 0 Å². The molecule has 0 aliphatic heterocycles. The van der Waals surface area contributed by atoms with Crippen molar-refractivity contribution in [1.82, 2.24) is 9.62 Å². The van der Waals surface area contributed by atoms with Gasteiger partial charge >= 0.3 is 0 Å². The Morgan fingerprint density at radius 1 is 1.19 bits per heavy atom. The van der Waals surface area contributed by atoms with Gasteiger partial charge in [0.25, 0.3) is 0 Å². The third-order valence-corrected chi connectivity index (χ3v) is 5.26. The molecule has 0 saturated heterocycles. The maximum absolute atomic E-state index is 13.3. The van der Waals surface area contributed by atoms with Crippen LogP contribution in [0.1, 0.15) is 18.1 Å². The molecule has 0 saturated carbocycles. The first-order chi connectivity index (χ1) is 12.4. The highest BCUT2D eigenvalue weighted by molar-refractivity contribution is 7.89. The molecular weight excluding hydrogens is 355 g/mol. The van der Waals surface area contributed by atoms with E-state index in [1.807, 2.05) is 6.92 Å². The second-order valence-corrected chi connectivity index (χ2v) is 7.48. The second-order valence-electron chi connectivity index (χ2n) is 5.59. The summed E-state index contributed by atoms with van der Waals surface area (Å²) in [5.74, 6) is -0.540. The molecule has 0 unspecified atom stereocenters. The minimum absolute atomic E-state index is 0.157. The van der Waals surface area contributed by atoms with E-state index in [1.165, 1.54) is 37.4 Å². The molecule has 0 aliphatic rings. The van der Waals surface area contributed by atoms with Gasteiger partial charge in [0.15, 0.2) is 0 Å². The van der Waals surface area contributed by atoms with E-state index in [-0.39, 0.29) is 16.6 Å². The van der Waals surface area contributed by atoms with Gasteiger partial charge in [-0.3, -0.25) is 4.79 Å². The standard InChI is InChI=1S/C19H21FN2O3S/c1-3-22(14-16-5-4-6-17(20)13-16)19(23)12-9-15-7-10-18(11-8-15)26(24,25)21-2/h4-13,21H,3,14H2,1-2H3/b12-9+. The van der Waals surface area contributed by atoms with Crippen molar-refractivity contribution in [2.24, 2.45) is 0 Å². The second kappa shape index (κ2) is 8.73. The van der Waals surface area contributed by atoms with Crippen molar-refractivity contribution >= 4 is 22.0 Å². The predicted octanol–water partition coefficient (Wildman–Crippen LogP) is 2.80. The minimum Gasteiger partial charge on any atom is -0.335 e. The van der Waals surface area contributed by atoms with E-state index in [0.29, 0.717) is 18.7 Å². The van der Waals surface area contributed by atoms with E-state index < -0.39 is 10.0 Å². The number of sulfonamides is 1. The van der Waals surface area contributed by atoms with Gasteiger partial charge in [0, 0.05) is 19.2 Å². The van der Waals surface area contributed by atoms with Crippen LogP contribution in [0.3, 0.4) is 0 Å². The van der Waals surface area contributed by atoms with Crippen LogP contribution in [0.5, 0.6) is 0 Å². The van der Waals surface area contributed by atoms with E-state index in [4.69, 9.17) is 0 Å². The van der Waals surface area contributed by atoms with Crippen molar-refractivity contribution in [2.75, 3.05) is 13.6 Å². The number of likely N-dealkylation sites (N-methyl/N-ethyl adjacent to an activating group) is 1. The summed E-state index contributed by atoms with van der Waals surface area (Å²) in [6, 6.07) is 12.3. The van der Waals surface area contributed by atoms with Crippen molar-refractivity contribution in [2.45, 2.75) is 18.4 Å². The highest BCUT2D eigenvalue weighted by Crippen LogP contribution is 2.12. The molecule has 0 aromatic heterocycles. The van der Waals surface area contributed by atoms with Gasteiger partial charge in [0.1, 0.15) is 5.82 Å². The molecule has 0 spiro atoms. The number of carbonyl (C=O) groups excluding carboxylic acids is 1. The van der Waals surface area contributed by atoms with Gasteiger partial charge in [-0.25, -0.2) is 17.5 Å². The molecule has 2 aromatic carbocycles. The Kier molecular flexibility index (Phi) is 6.65. The number of hydrogen-bond acceptors (Lipinski definition) is 3. The first-order valence-electron chi connectivity index (χ1n) is 8.10. The fourth-order valence-electron chi connectivity index (χ4n) is 2.35. The summed E-state index contributed by atoms with van der Waals surface area (Å²) in [6.45, 7) is 2.65. The molecule has 2 rings (SSSR count). The summed E-state index contributed by atoms with van der Waals surface area (Å²) >= 11 is 0. The average Bonchev–Trinajstić information content (AvgIpc) is 2.64. The van der Waals surface area contributed by atoms with E-state index >= 15 is 0 Å². The lowest BCUT2D eigenvalue weighted by Crippen LogP contribution is -2.28. The Balaban J connectivity index is 2.07. The molecular formula is C19H21FN2O3S. The third kappa shape index (κ3) is 5.24. The molecule has 2 aromatic rings. The first-order valence-corrected chi connectivity index (χ1v) is 9.59. The van der Waals surface area contributed by atoms with Gasteiger partial charge in [-0.05, 0) is 55.4 Å². The largest absolute Gasteiger partial charge is 0.335 e. The Morgan fingerprint density at radius 3 is 2.46 bits per heavy atom. The molecule has 138 valence electrons. The Morgan fingerprint density at radius 2 is 1.88 bits per heavy atom. The van der Waals surface area contributed by atoms with Crippen LogP contribution in [0.15, 0.2) is 59.5 Å². The lowest BCUT2D eigenvalue weighted by atomic mass is 10.2. The summed E-state index contributed by atoms with van der Waals surface area (Å²) in [6.07, 6.45) is 3.04. The third-order valence-electron chi connectivity index (χ3n) is 3.83. The maximum Gasteiger partial charge on any atom is 0.246 e. The van der Waals surface area contributed by atoms with Gasteiger partial charge in [-0.15, -0.1) is 0 Å². The minimum atomic E-state index is -3.48. The summed E-state index contributed by atoms with van der Waals surface area (Å²) in [5.41, 5.74) is 1.42. The highest BCUT2D eigenvalue weighted by Gasteiger charge is 2.11. The monoisotopic (exact) mass is 376 g/mol. The Labute approximate surface area is 153 Å². The molecule has 0 bridgehead atoms. The van der Waals surface area contributed by atoms with Crippen LogP contribution in [0.2, 0.25) is 0 Å². The van der Waals surface area contributed by atoms with Crippen molar-refractivity contribution in [3.63, 3.8) is 0 Å². The van der Waals surface area contributed by atoms with Crippen LogP contribution in [0, 0.1) is 5.82 Å². The van der Waals surface area contributed by atoms with Crippen molar-refractivity contribution in [3.05, 3.63) is 71.6 Å². The van der Waals surface area contributed by atoms with Gasteiger partial charge in [-0.1, -0.05) is 24.3 Å². The van der Waals surface area contributed by atoms with Crippen LogP contribution in [0.4, 0.5) is 4.39 Å². The maximum atomic E-state index is 13.3. The van der Waals surface area contributed by atoms with E-state index in [1.54, 1.807) is 35.2 Å². The number of nitrogens with one attached hydrogen (secondary N) is 1. The Bertz CT molecular complexity index is 893. The predicted molar refractivity (Wildman–Crippen MR) is 99.2 cm³/mol. The first kappa shape index (κ1) is 19.8. The molecule has 5 nitrogen and oxygen atoms in total. The zero-order chi connectivity index (χ0) is 19.2. The summed E-state index contributed by atoms with van der Waals surface area (Å²) < 4.78 is 38.9. The van der Waals surface area contributed by atoms with Crippen LogP contribution in [-0.2, 0) is 21.4 Å². The van der Waals surface area contributed by atoms with Crippen LogP contribution in [-0.4, -0.2) is 32.8 Å². The van der Waals surface area contributed by atoms with Crippen molar-refractivity contribution in [3.8, 4) is 0 Å². The number of nitrogens with zero attached hydrogens (tertiary/aromatic N) is 1. The molecule has 1 amide bonds. The number of amides is 1. The quantitative estimate of drug-likeness (QED) is 0.756. The van der Waals surface area contributed by atoms with Gasteiger partial charge in [0.05, 0.1) is 4.90 Å². The molecule has 0 aliphatic carbocycles. The van der Waals surface area contributed by atoms with E-state index in [2.05, 4.69) is 4.72 Å². The van der Waals surface area contributed by atoms with E-state index in [0.717, 1.165) is 5.56 Å². The molecule has 0 atom stereocenters. The molecule has 1 N–H and O–H groups in total. The number of halogens is 1. The number of rotatable bonds is 7. The number of hydrogen-bond donors (Lipinski definition) is 1. The fourth-order valence-corrected chi connectivity index (χ4v) is 3.08. The molecule has 0 fully saturated rings. The molecule has 7 heteroatoms. The van der Waals surface area contributed by atoms with Crippen molar-refractivity contribution in [1.29, 1.82) is 0 Å². The molecule has 26 heavy (non-hydrogen) atoms. The zero-order valence-corrected chi connectivity index (χ0v) is 15.5. The Hall–Kier alpha value is -2.51. The molecule has 0 radical (unpaired) electrons. The van der Waals surface area contributed by atoms with E-state index in [9.17, 15) is 17.6 Å². The number of carbonyl (C=O) groups is 1. The van der Waals surface area contributed by atoms with Gasteiger partial charge in [0.2, 0.25) is 15.9 Å². The van der Waals surface area contributed by atoms with Gasteiger partial charge < -0.3 is 4.90 Å². The highest BCUT2D eigenvalue weighted by atomic mass is 32.2. The number of benzene rings is 2. The lowest BCUT2D eigenvalue weighted by molar-refractivity contribution is -0.126. The van der Waals surface area contributed by atoms with Crippen LogP contribution < -0.4 is 4.72 Å². The lowest BCUT2D eigenvalue weighted by Gasteiger charge is -2.19. The zero-order valence-electron chi connectivity index (χ0n) is 14.6. The molecule has 0 heterocycles. The fraction of sp³-hybridized carbons (Fsp3) is 0.211. The smallest absolute Gasteiger partial charge is 0.246 e. The SMILES string of the molecule is CCN(Cc1cccc(F)c1)C(=O)/C=C/c1ccc(S(=O)(=O)NC)cc1. The van der Waals surface area contributed by atoms with Crippen molar-refractivity contribution < 1.29 is 17.6 Å². The normalized spacial score (nSPS) is 11.7. The topological polar surface area (TPSA) is 66.5 Å².